The Morgan fingerprint density at radius 2 is 1.88 bits per heavy atom. The van der Waals surface area contributed by atoms with Crippen LogP contribution in [0.2, 0.25) is 18.1 Å². The van der Waals surface area contributed by atoms with E-state index in [0.717, 1.165) is 12.8 Å². The molecule has 1 saturated carbocycles. The molecule has 0 heterocycles. The van der Waals surface area contributed by atoms with Gasteiger partial charge in [-0.05, 0) is 56.0 Å². The van der Waals surface area contributed by atoms with E-state index in [2.05, 4.69) is 40.8 Å². The Hall–Kier alpha value is -0.433. The lowest BCUT2D eigenvalue weighted by atomic mass is 9.81. The predicted octanol–water partition coefficient (Wildman–Crippen LogP) is 4.61. The van der Waals surface area contributed by atoms with Crippen LogP contribution in [-0.2, 0) is 18.7 Å². The van der Waals surface area contributed by atoms with E-state index < -0.39 is 24.0 Å². The van der Waals surface area contributed by atoms with E-state index in [-0.39, 0.29) is 22.5 Å². The first-order chi connectivity index (χ1) is 10.9. The SMILES string of the molecule is CCOS(=O)(=O)C1=CC(O[Si](C)(C)C(C)(C)C)(C2CC2)[C@@H](C)C=C1. The maximum Gasteiger partial charge on any atom is 0.296 e. The van der Waals surface area contributed by atoms with Crippen molar-refractivity contribution < 1.29 is 17.0 Å². The summed E-state index contributed by atoms with van der Waals surface area (Å²) < 4.78 is 36.7. The fourth-order valence-corrected chi connectivity index (χ4v) is 5.62. The van der Waals surface area contributed by atoms with Crippen molar-refractivity contribution in [3.05, 3.63) is 23.1 Å². The van der Waals surface area contributed by atoms with Gasteiger partial charge in [0.15, 0.2) is 8.32 Å². The van der Waals surface area contributed by atoms with E-state index in [0.29, 0.717) is 5.92 Å². The molecular formula is C18H32O4SSi. The van der Waals surface area contributed by atoms with Crippen LogP contribution < -0.4 is 0 Å². The Balaban J connectivity index is 2.48. The molecule has 2 atom stereocenters. The molecule has 2 aliphatic rings. The molecule has 0 aromatic heterocycles. The summed E-state index contributed by atoms with van der Waals surface area (Å²) in [5.74, 6) is 0.540. The molecule has 2 rings (SSSR count). The van der Waals surface area contributed by atoms with Gasteiger partial charge in [-0.1, -0.05) is 33.8 Å². The zero-order chi connectivity index (χ0) is 18.4. The molecule has 1 unspecified atom stereocenters. The maximum absolute atomic E-state index is 12.4. The standard InChI is InChI=1S/C18H32O4SSi/c1-8-21-23(19,20)16-12-9-14(2)18(13-16,15-10-11-15)22-24(6,7)17(3,4)5/h9,12-15H,8,10-11H2,1-7H3/t14-,18?/m0/s1. The van der Waals surface area contributed by atoms with Crippen molar-refractivity contribution in [2.75, 3.05) is 6.61 Å². The van der Waals surface area contributed by atoms with Crippen LogP contribution in [0.25, 0.3) is 0 Å². The van der Waals surface area contributed by atoms with E-state index in [1.165, 1.54) is 0 Å². The molecule has 138 valence electrons. The van der Waals surface area contributed by atoms with Crippen LogP contribution in [0.3, 0.4) is 0 Å². The molecule has 0 radical (unpaired) electrons. The Morgan fingerprint density at radius 1 is 1.29 bits per heavy atom. The Morgan fingerprint density at radius 3 is 2.33 bits per heavy atom. The van der Waals surface area contributed by atoms with Gasteiger partial charge in [-0.3, -0.25) is 4.18 Å². The summed E-state index contributed by atoms with van der Waals surface area (Å²) in [5.41, 5.74) is -0.530. The van der Waals surface area contributed by atoms with Crippen LogP contribution in [0.15, 0.2) is 23.1 Å². The molecule has 2 aliphatic carbocycles. The fraction of sp³-hybridized carbons (Fsp3) is 0.778. The molecule has 0 N–H and O–H groups in total. The molecule has 24 heavy (non-hydrogen) atoms. The van der Waals surface area contributed by atoms with Crippen molar-refractivity contribution in [1.82, 2.24) is 0 Å². The maximum atomic E-state index is 12.4. The summed E-state index contributed by atoms with van der Waals surface area (Å²) in [7, 11) is -5.77. The second-order valence-corrected chi connectivity index (χ2v) is 14.9. The van der Waals surface area contributed by atoms with E-state index in [4.69, 9.17) is 8.61 Å². The molecule has 0 saturated heterocycles. The molecule has 1 fully saturated rings. The van der Waals surface area contributed by atoms with Crippen LogP contribution in [0, 0.1) is 11.8 Å². The lowest BCUT2D eigenvalue weighted by molar-refractivity contribution is 0.0425. The fourth-order valence-electron chi connectivity index (χ4n) is 3.00. The highest BCUT2D eigenvalue weighted by molar-refractivity contribution is 7.90. The lowest BCUT2D eigenvalue weighted by Gasteiger charge is -2.48. The third kappa shape index (κ3) is 3.71. The van der Waals surface area contributed by atoms with Gasteiger partial charge >= 0.3 is 0 Å². The number of rotatable bonds is 6. The van der Waals surface area contributed by atoms with Gasteiger partial charge in [0.25, 0.3) is 10.1 Å². The van der Waals surface area contributed by atoms with Crippen LogP contribution in [-0.4, -0.2) is 28.9 Å². The van der Waals surface area contributed by atoms with Crippen molar-refractivity contribution in [2.45, 2.75) is 71.2 Å². The van der Waals surface area contributed by atoms with E-state index >= 15 is 0 Å². The van der Waals surface area contributed by atoms with Crippen LogP contribution in [0.1, 0.15) is 47.5 Å². The van der Waals surface area contributed by atoms with Gasteiger partial charge < -0.3 is 4.43 Å². The van der Waals surface area contributed by atoms with Gasteiger partial charge in [-0.15, -0.1) is 0 Å². The lowest BCUT2D eigenvalue weighted by Crippen LogP contribution is -2.53. The Kier molecular flexibility index (Phi) is 5.28. The molecule has 4 nitrogen and oxygen atoms in total. The average Bonchev–Trinajstić information content (AvgIpc) is 3.24. The second-order valence-electron chi connectivity index (χ2n) is 8.55. The highest BCUT2D eigenvalue weighted by Crippen LogP contribution is 2.53. The van der Waals surface area contributed by atoms with Gasteiger partial charge in [-0.2, -0.15) is 8.42 Å². The first-order valence-electron chi connectivity index (χ1n) is 8.86. The smallest absolute Gasteiger partial charge is 0.296 e. The number of hydrogen-bond donors (Lipinski definition) is 0. The summed E-state index contributed by atoms with van der Waals surface area (Å²) >= 11 is 0. The monoisotopic (exact) mass is 372 g/mol. The topological polar surface area (TPSA) is 52.6 Å². The largest absolute Gasteiger partial charge is 0.407 e. The minimum Gasteiger partial charge on any atom is -0.407 e. The van der Waals surface area contributed by atoms with Gasteiger partial charge in [-0.25, -0.2) is 0 Å². The van der Waals surface area contributed by atoms with E-state index in [1.54, 1.807) is 13.0 Å². The Bertz CT molecular complexity index is 638. The van der Waals surface area contributed by atoms with Crippen molar-refractivity contribution >= 4 is 18.4 Å². The first kappa shape index (κ1) is 19.9. The minimum absolute atomic E-state index is 0.0720. The molecule has 0 spiro atoms. The molecule has 0 aromatic rings. The molecule has 0 aromatic carbocycles. The zero-order valence-electron chi connectivity index (χ0n) is 16.0. The summed E-state index contributed by atoms with van der Waals surface area (Å²) in [6.45, 7) is 15.1. The second kappa shape index (κ2) is 6.38. The molecule has 0 bridgehead atoms. The first-order valence-corrected chi connectivity index (χ1v) is 13.2. The molecular weight excluding hydrogens is 340 g/mol. The van der Waals surface area contributed by atoms with Crippen molar-refractivity contribution in [3.63, 3.8) is 0 Å². The average molecular weight is 373 g/mol. The van der Waals surface area contributed by atoms with Crippen molar-refractivity contribution in [3.8, 4) is 0 Å². The Labute approximate surface area is 148 Å². The quantitative estimate of drug-likeness (QED) is 0.504. The van der Waals surface area contributed by atoms with Crippen molar-refractivity contribution in [2.24, 2.45) is 11.8 Å². The van der Waals surface area contributed by atoms with E-state index in [9.17, 15) is 8.42 Å². The normalized spacial score (nSPS) is 28.8. The highest BCUT2D eigenvalue weighted by atomic mass is 32.2. The summed E-state index contributed by atoms with van der Waals surface area (Å²) in [6.07, 6.45) is 7.67. The van der Waals surface area contributed by atoms with Crippen LogP contribution in [0.4, 0.5) is 0 Å². The predicted molar refractivity (Wildman–Crippen MR) is 101 cm³/mol. The third-order valence-electron chi connectivity index (χ3n) is 5.64. The van der Waals surface area contributed by atoms with Crippen molar-refractivity contribution in [1.29, 1.82) is 0 Å². The summed E-state index contributed by atoms with van der Waals surface area (Å²) in [6, 6.07) is 0. The van der Waals surface area contributed by atoms with E-state index in [1.807, 2.05) is 12.2 Å². The van der Waals surface area contributed by atoms with Crippen LogP contribution >= 0.6 is 0 Å². The minimum atomic E-state index is -3.71. The van der Waals surface area contributed by atoms with Gasteiger partial charge in [0.2, 0.25) is 0 Å². The molecule has 6 heteroatoms. The number of hydrogen-bond acceptors (Lipinski definition) is 4. The highest BCUT2D eigenvalue weighted by Gasteiger charge is 2.54. The number of allylic oxidation sites excluding steroid dienone is 1. The summed E-state index contributed by atoms with van der Waals surface area (Å²) in [4.78, 5) is 0.244. The third-order valence-corrected chi connectivity index (χ3v) is 11.5. The molecule has 0 aliphatic heterocycles. The molecule has 0 amide bonds. The van der Waals surface area contributed by atoms with Gasteiger partial charge in [0.1, 0.15) is 0 Å². The zero-order valence-corrected chi connectivity index (χ0v) is 17.9. The van der Waals surface area contributed by atoms with Gasteiger partial charge in [0.05, 0.1) is 17.1 Å². The van der Waals surface area contributed by atoms with Crippen LogP contribution in [0.5, 0.6) is 0 Å². The van der Waals surface area contributed by atoms with Gasteiger partial charge in [0, 0.05) is 5.92 Å². The summed E-state index contributed by atoms with van der Waals surface area (Å²) in [5, 5.41) is 0.0720.